The van der Waals surface area contributed by atoms with Crippen LogP contribution in [0.25, 0.3) is 11.0 Å². The minimum absolute atomic E-state index is 0.634. The molecule has 0 aliphatic carbocycles. The smallest absolute Gasteiger partial charge is 0.129 e. The number of aryl methyl sites for hydroxylation is 1. The van der Waals surface area contributed by atoms with Gasteiger partial charge in [0.2, 0.25) is 0 Å². The number of nitrogens with zero attached hydrogens (tertiary/aromatic N) is 5. The quantitative estimate of drug-likeness (QED) is 0.681. The van der Waals surface area contributed by atoms with Crippen molar-refractivity contribution < 1.29 is 0 Å². The van der Waals surface area contributed by atoms with Crippen LogP contribution in [0.15, 0.2) is 36.9 Å². The fourth-order valence-corrected chi connectivity index (χ4v) is 2.00. The maximum Gasteiger partial charge on any atom is 0.129 e. The molecule has 0 amide bonds. The number of benzene rings is 1. The van der Waals surface area contributed by atoms with Crippen LogP contribution in [-0.4, -0.2) is 19.1 Å². The highest BCUT2D eigenvalue weighted by atomic mass is 15.1. The molecule has 0 N–H and O–H groups in total. The summed E-state index contributed by atoms with van der Waals surface area (Å²) in [4.78, 5) is 8.57. The zero-order valence-corrected chi connectivity index (χ0v) is 9.91. The summed E-state index contributed by atoms with van der Waals surface area (Å²) < 4.78 is 4.00. The third kappa shape index (κ3) is 1.64. The molecule has 0 radical (unpaired) electrons. The van der Waals surface area contributed by atoms with Gasteiger partial charge in [0.15, 0.2) is 0 Å². The minimum Gasteiger partial charge on any atom is -0.330 e. The Morgan fingerprint density at radius 2 is 2.28 bits per heavy atom. The van der Waals surface area contributed by atoms with Gasteiger partial charge in [-0.2, -0.15) is 5.26 Å². The van der Waals surface area contributed by atoms with Gasteiger partial charge in [0.05, 0.1) is 35.5 Å². The molecule has 2 heterocycles. The maximum absolute atomic E-state index is 8.88. The Kier molecular flexibility index (Phi) is 2.34. The van der Waals surface area contributed by atoms with Crippen LogP contribution in [0.5, 0.6) is 0 Å². The van der Waals surface area contributed by atoms with Crippen molar-refractivity contribution in [3.05, 3.63) is 48.3 Å². The first kappa shape index (κ1) is 10.5. The monoisotopic (exact) mass is 237 g/mol. The van der Waals surface area contributed by atoms with Crippen LogP contribution < -0.4 is 0 Å². The number of rotatable bonds is 2. The van der Waals surface area contributed by atoms with E-state index >= 15 is 0 Å². The van der Waals surface area contributed by atoms with Gasteiger partial charge in [-0.25, -0.2) is 9.97 Å². The van der Waals surface area contributed by atoms with Gasteiger partial charge in [0, 0.05) is 19.4 Å². The molecule has 2 aromatic heterocycles. The van der Waals surface area contributed by atoms with Gasteiger partial charge in [-0.1, -0.05) is 0 Å². The van der Waals surface area contributed by atoms with E-state index in [1.807, 2.05) is 40.6 Å². The maximum atomic E-state index is 8.88. The van der Waals surface area contributed by atoms with Crippen LogP contribution in [-0.2, 0) is 13.6 Å². The molecular weight excluding hydrogens is 226 g/mol. The molecule has 0 saturated carbocycles. The van der Waals surface area contributed by atoms with E-state index in [1.54, 1.807) is 12.5 Å². The van der Waals surface area contributed by atoms with Gasteiger partial charge >= 0.3 is 0 Å². The van der Waals surface area contributed by atoms with E-state index in [4.69, 9.17) is 5.26 Å². The van der Waals surface area contributed by atoms with Crippen LogP contribution >= 0.6 is 0 Å². The second-order valence-electron chi connectivity index (χ2n) is 4.14. The standard InChI is InChI=1S/C13H11N5/c1-17-12-3-2-10(7-14)6-11(12)16-13(17)8-18-5-4-15-9-18/h2-6,9H,8H2,1H3. The summed E-state index contributed by atoms with van der Waals surface area (Å²) in [5, 5.41) is 8.88. The average molecular weight is 237 g/mol. The molecule has 3 rings (SSSR count). The van der Waals surface area contributed by atoms with Crippen molar-refractivity contribution in [2.45, 2.75) is 6.54 Å². The van der Waals surface area contributed by atoms with Gasteiger partial charge < -0.3 is 9.13 Å². The first-order valence-electron chi connectivity index (χ1n) is 5.59. The highest BCUT2D eigenvalue weighted by Crippen LogP contribution is 2.17. The summed E-state index contributed by atoms with van der Waals surface area (Å²) in [7, 11) is 1.98. The van der Waals surface area contributed by atoms with E-state index in [1.165, 1.54) is 0 Å². The van der Waals surface area contributed by atoms with Crippen molar-refractivity contribution >= 4 is 11.0 Å². The summed E-state index contributed by atoms with van der Waals surface area (Å²) in [6.45, 7) is 0.674. The first-order valence-corrected chi connectivity index (χ1v) is 5.59. The Morgan fingerprint density at radius 1 is 1.39 bits per heavy atom. The Hall–Kier alpha value is -2.61. The Labute approximate surface area is 104 Å². The minimum atomic E-state index is 0.634. The average Bonchev–Trinajstić information content (AvgIpc) is 2.99. The number of aromatic nitrogens is 4. The Balaban J connectivity index is 2.08. The van der Waals surface area contributed by atoms with Crippen molar-refractivity contribution in [1.82, 2.24) is 19.1 Å². The predicted molar refractivity (Wildman–Crippen MR) is 66.8 cm³/mol. The Bertz CT molecular complexity index is 731. The first-order chi connectivity index (χ1) is 8.78. The van der Waals surface area contributed by atoms with Crippen molar-refractivity contribution in [2.75, 3.05) is 0 Å². The van der Waals surface area contributed by atoms with E-state index in [0.717, 1.165) is 16.9 Å². The molecule has 0 aliphatic heterocycles. The van der Waals surface area contributed by atoms with Gasteiger partial charge in [-0.05, 0) is 18.2 Å². The number of imidazole rings is 2. The molecule has 18 heavy (non-hydrogen) atoms. The van der Waals surface area contributed by atoms with Gasteiger partial charge in [0.1, 0.15) is 5.82 Å². The van der Waals surface area contributed by atoms with Crippen molar-refractivity contribution in [3.63, 3.8) is 0 Å². The number of hydrogen-bond acceptors (Lipinski definition) is 3. The zero-order valence-electron chi connectivity index (χ0n) is 9.91. The fraction of sp³-hybridized carbons (Fsp3) is 0.154. The molecule has 0 unspecified atom stereocenters. The molecule has 0 saturated heterocycles. The molecule has 0 spiro atoms. The van der Waals surface area contributed by atoms with E-state index in [0.29, 0.717) is 12.1 Å². The Morgan fingerprint density at radius 3 is 3.00 bits per heavy atom. The summed E-state index contributed by atoms with van der Waals surface area (Å²) in [5.41, 5.74) is 2.52. The normalized spacial score (nSPS) is 10.7. The molecule has 5 heteroatoms. The lowest BCUT2D eigenvalue weighted by Gasteiger charge is -2.02. The van der Waals surface area contributed by atoms with Gasteiger partial charge in [-0.3, -0.25) is 0 Å². The number of nitriles is 1. The van der Waals surface area contributed by atoms with Crippen molar-refractivity contribution in [3.8, 4) is 6.07 Å². The van der Waals surface area contributed by atoms with E-state index < -0.39 is 0 Å². The SMILES string of the molecule is Cn1c(Cn2ccnc2)nc2cc(C#N)ccc21. The van der Waals surface area contributed by atoms with E-state index in [2.05, 4.69) is 16.0 Å². The van der Waals surface area contributed by atoms with Crippen LogP contribution in [0, 0.1) is 11.3 Å². The highest BCUT2D eigenvalue weighted by Gasteiger charge is 2.08. The van der Waals surface area contributed by atoms with Crippen molar-refractivity contribution in [1.29, 1.82) is 5.26 Å². The van der Waals surface area contributed by atoms with E-state index in [9.17, 15) is 0 Å². The number of fused-ring (bicyclic) bond motifs is 1. The van der Waals surface area contributed by atoms with Crippen LogP contribution in [0.3, 0.4) is 0 Å². The topological polar surface area (TPSA) is 59.4 Å². The molecule has 5 nitrogen and oxygen atoms in total. The molecule has 0 fully saturated rings. The summed E-state index contributed by atoms with van der Waals surface area (Å²) in [6.07, 6.45) is 5.41. The molecule has 1 aromatic carbocycles. The lowest BCUT2D eigenvalue weighted by molar-refractivity contribution is 0.707. The van der Waals surface area contributed by atoms with Gasteiger partial charge in [0.25, 0.3) is 0 Å². The molecule has 0 atom stereocenters. The zero-order chi connectivity index (χ0) is 12.5. The second kappa shape index (κ2) is 4.00. The lowest BCUT2D eigenvalue weighted by atomic mass is 10.2. The molecular formula is C13H11N5. The third-order valence-corrected chi connectivity index (χ3v) is 2.99. The third-order valence-electron chi connectivity index (χ3n) is 2.99. The largest absolute Gasteiger partial charge is 0.330 e. The van der Waals surface area contributed by atoms with Crippen LogP contribution in [0.1, 0.15) is 11.4 Å². The summed E-state index contributed by atoms with van der Waals surface area (Å²) in [6, 6.07) is 7.68. The van der Waals surface area contributed by atoms with E-state index in [-0.39, 0.29) is 0 Å². The van der Waals surface area contributed by atoms with Gasteiger partial charge in [-0.15, -0.1) is 0 Å². The number of hydrogen-bond donors (Lipinski definition) is 0. The second-order valence-corrected chi connectivity index (χ2v) is 4.14. The molecule has 88 valence electrons. The highest BCUT2D eigenvalue weighted by molar-refractivity contribution is 5.77. The van der Waals surface area contributed by atoms with Crippen molar-refractivity contribution in [2.24, 2.45) is 7.05 Å². The molecule has 0 aliphatic rings. The van der Waals surface area contributed by atoms with Crippen LogP contribution in [0.2, 0.25) is 0 Å². The van der Waals surface area contributed by atoms with Crippen LogP contribution in [0.4, 0.5) is 0 Å². The summed E-state index contributed by atoms with van der Waals surface area (Å²) >= 11 is 0. The summed E-state index contributed by atoms with van der Waals surface area (Å²) in [5.74, 6) is 0.943. The fourth-order valence-electron chi connectivity index (χ4n) is 2.00. The molecule has 3 aromatic rings. The predicted octanol–water partition coefficient (Wildman–Crippen LogP) is 1.69. The molecule has 0 bridgehead atoms. The lowest BCUT2D eigenvalue weighted by Crippen LogP contribution is -2.03.